The second-order valence-electron chi connectivity index (χ2n) is 5.42. The third-order valence-electron chi connectivity index (χ3n) is 3.52. The van der Waals surface area contributed by atoms with Gasteiger partial charge in [-0.1, -0.05) is 18.2 Å². The zero-order valence-electron chi connectivity index (χ0n) is 14.1. The van der Waals surface area contributed by atoms with Gasteiger partial charge in [-0.15, -0.1) is 0 Å². The molecule has 2 aromatic carbocycles. The van der Waals surface area contributed by atoms with Gasteiger partial charge in [0, 0.05) is 11.3 Å². The number of esters is 1. The molecule has 0 aliphatic rings. The summed E-state index contributed by atoms with van der Waals surface area (Å²) in [5, 5.41) is 3.64. The molecule has 1 amide bonds. The van der Waals surface area contributed by atoms with Gasteiger partial charge in [0.15, 0.2) is 0 Å². The highest BCUT2D eigenvalue weighted by Gasteiger charge is 2.63. The first-order valence-corrected chi connectivity index (χ1v) is 7.85. The van der Waals surface area contributed by atoms with Crippen molar-refractivity contribution in [3.8, 4) is 0 Å². The number of benzene rings is 2. The van der Waals surface area contributed by atoms with Crippen molar-refractivity contribution in [2.24, 2.45) is 0 Å². The summed E-state index contributed by atoms with van der Waals surface area (Å²) < 4.78 is 59.4. The highest BCUT2D eigenvalue weighted by atomic mass is 19.4. The first-order valence-electron chi connectivity index (χ1n) is 7.85. The minimum absolute atomic E-state index is 0.0867. The van der Waals surface area contributed by atoms with E-state index in [2.05, 4.69) is 4.74 Å². The predicted octanol–water partition coefficient (Wildman–Crippen LogP) is 3.49. The van der Waals surface area contributed by atoms with E-state index in [1.807, 2.05) is 5.32 Å². The van der Waals surface area contributed by atoms with Crippen molar-refractivity contribution < 1.29 is 31.9 Å². The van der Waals surface area contributed by atoms with Crippen molar-refractivity contribution in [1.29, 1.82) is 0 Å². The molecule has 0 aromatic heterocycles. The average molecular weight is 384 g/mol. The van der Waals surface area contributed by atoms with E-state index in [1.165, 1.54) is 31.2 Å². The first-order chi connectivity index (χ1) is 12.7. The Bertz CT molecular complexity index is 795. The summed E-state index contributed by atoms with van der Waals surface area (Å²) >= 11 is 0. The maximum absolute atomic E-state index is 13.9. The molecule has 2 rings (SSSR count). The van der Waals surface area contributed by atoms with Crippen LogP contribution >= 0.6 is 0 Å². The Morgan fingerprint density at radius 1 is 1.00 bits per heavy atom. The third-order valence-corrected chi connectivity index (χ3v) is 3.52. The Morgan fingerprint density at radius 3 is 2.11 bits per heavy atom. The van der Waals surface area contributed by atoms with Crippen LogP contribution in [0, 0.1) is 5.82 Å². The van der Waals surface area contributed by atoms with Crippen LogP contribution in [-0.4, -0.2) is 30.3 Å². The highest BCUT2D eigenvalue weighted by Crippen LogP contribution is 2.33. The number of carbonyl (C=O) groups excluding carboxylic acids is 2. The molecule has 0 radical (unpaired) electrons. The molecule has 0 aliphatic heterocycles. The maximum Gasteiger partial charge on any atom is 0.441 e. The minimum Gasteiger partial charge on any atom is -0.463 e. The van der Waals surface area contributed by atoms with Crippen LogP contribution in [0.3, 0.4) is 0 Å². The Hall–Kier alpha value is -3.10. The van der Waals surface area contributed by atoms with E-state index in [-0.39, 0.29) is 17.9 Å². The normalized spacial score (nSPS) is 13.4. The molecular weight excluding hydrogens is 368 g/mol. The first kappa shape index (κ1) is 20.2. The van der Waals surface area contributed by atoms with Crippen molar-refractivity contribution in [2.45, 2.75) is 18.8 Å². The van der Waals surface area contributed by atoms with Gasteiger partial charge in [0.05, 0.1) is 6.61 Å². The average Bonchev–Trinajstić information content (AvgIpc) is 2.62. The zero-order valence-corrected chi connectivity index (χ0v) is 14.1. The number of amides is 1. The van der Waals surface area contributed by atoms with Gasteiger partial charge in [-0.2, -0.15) is 13.2 Å². The molecule has 5 nitrogen and oxygen atoms in total. The summed E-state index contributed by atoms with van der Waals surface area (Å²) in [6.45, 7) is 0.985. The molecule has 9 heteroatoms. The molecule has 144 valence electrons. The van der Waals surface area contributed by atoms with Crippen molar-refractivity contribution in [1.82, 2.24) is 5.32 Å². The van der Waals surface area contributed by atoms with E-state index >= 15 is 0 Å². The van der Waals surface area contributed by atoms with Gasteiger partial charge in [-0.3, -0.25) is 4.79 Å². The third kappa shape index (κ3) is 4.55. The SMILES string of the molecule is CCOC(=O)C(NC(=O)c1ccccc1)(Nc1ccc(F)cc1)C(F)(F)F. The summed E-state index contributed by atoms with van der Waals surface area (Å²) in [4.78, 5) is 24.6. The second-order valence-corrected chi connectivity index (χ2v) is 5.42. The summed E-state index contributed by atoms with van der Waals surface area (Å²) in [7, 11) is 0. The molecule has 1 atom stereocenters. The molecule has 0 aliphatic carbocycles. The molecule has 0 spiro atoms. The number of anilines is 1. The lowest BCUT2D eigenvalue weighted by molar-refractivity contribution is -0.204. The van der Waals surface area contributed by atoms with Crippen LogP contribution in [0.4, 0.5) is 23.2 Å². The molecule has 0 heterocycles. The van der Waals surface area contributed by atoms with Crippen LogP contribution in [0.5, 0.6) is 0 Å². The fourth-order valence-corrected chi connectivity index (χ4v) is 2.21. The monoisotopic (exact) mass is 384 g/mol. The van der Waals surface area contributed by atoms with Gasteiger partial charge < -0.3 is 15.4 Å². The fourth-order valence-electron chi connectivity index (χ4n) is 2.21. The standard InChI is InChI=1S/C18H16F4N2O3/c1-2-27-16(26)17(18(20,21)22,23-14-10-8-13(19)9-11-14)24-15(25)12-6-4-3-5-7-12/h3-11,23H,2H2,1H3,(H,24,25). The van der Waals surface area contributed by atoms with Crippen LogP contribution in [-0.2, 0) is 9.53 Å². The summed E-state index contributed by atoms with van der Waals surface area (Å²) in [5.74, 6) is -3.57. The quantitative estimate of drug-likeness (QED) is 0.455. The Kier molecular flexibility index (Phi) is 6.04. The fraction of sp³-hybridized carbons (Fsp3) is 0.222. The number of carbonyl (C=O) groups is 2. The molecular formula is C18H16F4N2O3. The molecule has 1 unspecified atom stereocenters. The lowest BCUT2D eigenvalue weighted by atomic mass is 10.1. The van der Waals surface area contributed by atoms with Crippen molar-refractivity contribution in [3.63, 3.8) is 0 Å². The van der Waals surface area contributed by atoms with Crippen LogP contribution in [0.2, 0.25) is 0 Å². The smallest absolute Gasteiger partial charge is 0.441 e. The molecule has 2 N–H and O–H groups in total. The minimum atomic E-state index is -5.27. The molecule has 0 bridgehead atoms. The lowest BCUT2D eigenvalue weighted by Gasteiger charge is -2.35. The van der Waals surface area contributed by atoms with Crippen LogP contribution in [0.15, 0.2) is 54.6 Å². The molecule has 0 fully saturated rings. The van der Waals surface area contributed by atoms with Gasteiger partial charge in [-0.25, -0.2) is 9.18 Å². The van der Waals surface area contributed by atoms with Crippen molar-refractivity contribution >= 4 is 17.6 Å². The van der Waals surface area contributed by atoms with E-state index in [9.17, 15) is 27.2 Å². The van der Waals surface area contributed by atoms with Gasteiger partial charge in [-0.05, 0) is 43.3 Å². The maximum atomic E-state index is 13.9. The van der Waals surface area contributed by atoms with Crippen molar-refractivity contribution in [2.75, 3.05) is 11.9 Å². The number of rotatable bonds is 6. The van der Waals surface area contributed by atoms with Gasteiger partial charge in [0.1, 0.15) is 5.82 Å². The number of hydrogen-bond donors (Lipinski definition) is 2. The number of ether oxygens (including phenoxy) is 1. The lowest BCUT2D eigenvalue weighted by Crippen LogP contribution is -2.69. The van der Waals surface area contributed by atoms with Gasteiger partial charge >= 0.3 is 17.8 Å². The Labute approximate surface area is 152 Å². The van der Waals surface area contributed by atoms with Crippen LogP contribution < -0.4 is 10.6 Å². The van der Waals surface area contributed by atoms with Gasteiger partial charge in [0.2, 0.25) is 0 Å². The van der Waals surface area contributed by atoms with E-state index < -0.39 is 29.5 Å². The number of alkyl halides is 3. The number of hydrogen-bond acceptors (Lipinski definition) is 4. The molecule has 0 saturated carbocycles. The Morgan fingerprint density at radius 2 is 1.59 bits per heavy atom. The Balaban J connectivity index is 2.48. The zero-order chi connectivity index (χ0) is 20.1. The summed E-state index contributed by atoms with van der Waals surface area (Å²) in [6.07, 6.45) is -5.27. The van der Waals surface area contributed by atoms with Gasteiger partial charge in [0.25, 0.3) is 5.91 Å². The van der Waals surface area contributed by atoms with E-state index in [0.29, 0.717) is 0 Å². The topological polar surface area (TPSA) is 67.4 Å². The summed E-state index contributed by atoms with van der Waals surface area (Å²) in [5.41, 5.74) is -3.89. The predicted molar refractivity (Wildman–Crippen MR) is 89.3 cm³/mol. The van der Waals surface area contributed by atoms with Crippen molar-refractivity contribution in [3.05, 3.63) is 66.0 Å². The second kappa shape index (κ2) is 8.07. The van der Waals surface area contributed by atoms with Crippen LogP contribution in [0.25, 0.3) is 0 Å². The molecule has 2 aromatic rings. The number of halogens is 4. The van der Waals surface area contributed by atoms with E-state index in [4.69, 9.17) is 0 Å². The molecule has 0 saturated heterocycles. The van der Waals surface area contributed by atoms with Crippen LogP contribution in [0.1, 0.15) is 17.3 Å². The number of nitrogens with one attached hydrogen (secondary N) is 2. The highest BCUT2D eigenvalue weighted by molar-refractivity contribution is 5.99. The van der Waals surface area contributed by atoms with E-state index in [0.717, 1.165) is 24.3 Å². The largest absolute Gasteiger partial charge is 0.463 e. The molecule has 27 heavy (non-hydrogen) atoms. The van der Waals surface area contributed by atoms with E-state index in [1.54, 1.807) is 11.4 Å². The summed E-state index contributed by atoms with van der Waals surface area (Å²) in [6, 6.07) is 10.9.